The molecule has 1 aromatic carbocycles. The third kappa shape index (κ3) is 3.72. The number of hydrogen-bond donors (Lipinski definition) is 1. The average molecular weight is 210 g/mol. The van der Waals surface area contributed by atoms with Gasteiger partial charge in [0.15, 0.2) is 0 Å². The van der Waals surface area contributed by atoms with Gasteiger partial charge in [-0.05, 0) is 23.6 Å². The quantitative estimate of drug-likeness (QED) is 0.752. The summed E-state index contributed by atoms with van der Waals surface area (Å²) in [7, 11) is 0. The van der Waals surface area contributed by atoms with Gasteiger partial charge in [0.25, 0.3) is 0 Å². The van der Waals surface area contributed by atoms with E-state index >= 15 is 0 Å². The summed E-state index contributed by atoms with van der Waals surface area (Å²) in [6, 6.07) is 8.12. The fourth-order valence-corrected chi connectivity index (χ4v) is 2.21. The van der Waals surface area contributed by atoms with Crippen molar-refractivity contribution in [2.24, 2.45) is 5.92 Å². The number of aliphatic hydroxyl groups is 1. The highest BCUT2D eigenvalue weighted by Gasteiger charge is 2.00. The highest BCUT2D eigenvalue weighted by molar-refractivity contribution is 7.99. The van der Waals surface area contributed by atoms with Crippen LogP contribution in [-0.2, 0) is 6.61 Å². The molecule has 2 heteroatoms. The van der Waals surface area contributed by atoms with E-state index < -0.39 is 0 Å². The van der Waals surface area contributed by atoms with E-state index in [0.29, 0.717) is 0 Å². The smallest absolute Gasteiger partial charge is 0.0682 e. The van der Waals surface area contributed by atoms with Gasteiger partial charge < -0.3 is 5.11 Å². The van der Waals surface area contributed by atoms with Crippen LogP contribution in [0.5, 0.6) is 0 Å². The Labute approximate surface area is 90.5 Å². The molecule has 0 saturated carbocycles. The zero-order valence-electron chi connectivity index (χ0n) is 8.86. The van der Waals surface area contributed by atoms with Crippen molar-refractivity contribution in [2.45, 2.75) is 31.8 Å². The van der Waals surface area contributed by atoms with Crippen LogP contribution in [0.4, 0.5) is 0 Å². The first-order valence-corrected chi connectivity index (χ1v) is 6.07. The number of aliphatic hydroxyl groups excluding tert-OH is 1. The van der Waals surface area contributed by atoms with Crippen molar-refractivity contribution >= 4 is 11.8 Å². The van der Waals surface area contributed by atoms with Crippen LogP contribution in [0.2, 0.25) is 0 Å². The van der Waals surface area contributed by atoms with Crippen molar-refractivity contribution in [3.63, 3.8) is 0 Å². The number of thioether (sulfide) groups is 1. The summed E-state index contributed by atoms with van der Waals surface area (Å²) in [6.07, 6.45) is 1.23. The van der Waals surface area contributed by atoms with Gasteiger partial charge in [-0.1, -0.05) is 32.4 Å². The van der Waals surface area contributed by atoms with Gasteiger partial charge >= 0.3 is 0 Å². The molecule has 1 atom stereocenters. The van der Waals surface area contributed by atoms with Crippen LogP contribution < -0.4 is 0 Å². The van der Waals surface area contributed by atoms with Crippen molar-refractivity contribution in [2.75, 3.05) is 5.75 Å². The van der Waals surface area contributed by atoms with Gasteiger partial charge in [-0.25, -0.2) is 0 Å². The minimum atomic E-state index is 0.137. The minimum Gasteiger partial charge on any atom is -0.392 e. The Kier molecular flexibility index (Phi) is 5.05. The summed E-state index contributed by atoms with van der Waals surface area (Å²) in [5.41, 5.74) is 0.999. The molecule has 0 saturated heterocycles. The fraction of sp³-hybridized carbons (Fsp3) is 0.500. The van der Waals surface area contributed by atoms with E-state index in [4.69, 9.17) is 5.11 Å². The van der Waals surface area contributed by atoms with Gasteiger partial charge in [-0.2, -0.15) is 0 Å². The predicted molar refractivity (Wildman–Crippen MR) is 62.5 cm³/mol. The summed E-state index contributed by atoms with van der Waals surface area (Å²) in [6.45, 7) is 4.62. The summed E-state index contributed by atoms with van der Waals surface area (Å²) in [5.74, 6) is 1.92. The maximum atomic E-state index is 8.98. The first-order valence-electron chi connectivity index (χ1n) is 5.08. The highest BCUT2D eigenvalue weighted by atomic mass is 32.2. The summed E-state index contributed by atoms with van der Waals surface area (Å²) < 4.78 is 0. The Morgan fingerprint density at radius 2 is 2.21 bits per heavy atom. The molecule has 1 unspecified atom stereocenters. The molecule has 0 aliphatic rings. The zero-order valence-corrected chi connectivity index (χ0v) is 9.68. The SMILES string of the molecule is CCC(C)CSc1cccc(CO)c1. The van der Waals surface area contributed by atoms with Gasteiger partial charge in [-0.15, -0.1) is 11.8 Å². The molecule has 78 valence electrons. The molecule has 1 N–H and O–H groups in total. The van der Waals surface area contributed by atoms with E-state index in [0.717, 1.165) is 17.2 Å². The molecule has 0 amide bonds. The third-order valence-electron chi connectivity index (χ3n) is 2.31. The topological polar surface area (TPSA) is 20.2 Å². The van der Waals surface area contributed by atoms with E-state index in [1.165, 1.54) is 11.3 Å². The van der Waals surface area contributed by atoms with Crippen molar-refractivity contribution in [3.05, 3.63) is 29.8 Å². The van der Waals surface area contributed by atoms with Crippen LogP contribution >= 0.6 is 11.8 Å². The van der Waals surface area contributed by atoms with E-state index in [2.05, 4.69) is 26.0 Å². The summed E-state index contributed by atoms with van der Waals surface area (Å²) in [4.78, 5) is 1.26. The van der Waals surface area contributed by atoms with Crippen molar-refractivity contribution in [1.82, 2.24) is 0 Å². The van der Waals surface area contributed by atoms with Crippen LogP contribution in [-0.4, -0.2) is 10.9 Å². The summed E-state index contributed by atoms with van der Waals surface area (Å²) >= 11 is 1.87. The molecule has 1 aromatic rings. The molecule has 0 fully saturated rings. The average Bonchev–Trinajstić information content (AvgIpc) is 2.26. The van der Waals surface area contributed by atoms with Crippen LogP contribution in [0.3, 0.4) is 0 Å². The van der Waals surface area contributed by atoms with Crippen LogP contribution in [0.1, 0.15) is 25.8 Å². The zero-order chi connectivity index (χ0) is 10.4. The Bertz CT molecular complexity index is 273. The van der Waals surface area contributed by atoms with E-state index in [9.17, 15) is 0 Å². The molecule has 14 heavy (non-hydrogen) atoms. The lowest BCUT2D eigenvalue weighted by atomic mass is 10.2. The normalized spacial score (nSPS) is 12.8. The molecule has 0 aliphatic heterocycles. The van der Waals surface area contributed by atoms with Crippen LogP contribution in [0.25, 0.3) is 0 Å². The maximum Gasteiger partial charge on any atom is 0.0682 e. The van der Waals surface area contributed by atoms with Crippen molar-refractivity contribution in [3.8, 4) is 0 Å². The van der Waals surface area contributed by atoms with Crippen molar-refractivity contribution < 1.29 is 5.11 Å². The highest BCUT2D eigenvalue weighted by Crippen LogP contribution is 2.22. The summed E-state index contributed by atoms with van der Waals surface area (Å²) in [5, 5.41) is 8.98. The van der Waals surface area contributed by atoms with Gasteiger partial charge in [0.2, 0.25) is 0 Å². The van der Waals surface area contributed by atoms with Crippen molar-refractivity contribution in [1.29, 1.82) is 0 Å². The second-order valence-electron chi connectivity index (χ2n) is 3.63. The monoisotopic (exact) mass is 210 g/mol. The lowest BCUT2D eigenvalue weighted by molar-refractivity contribution is 0.281. The van der Waals surface area contributed by atoms with Gasteiger partial charge in [0, 0.05) is 10.6 Å². The lowest BCUT2D eigenvalue weighted by Crippen LogP contribution is -1.95. The number of hydrogen-bond acceptors (Lipinski definition) is 2. The second kappa shape index (κ2) is 6.10. The largest absolute Gasteiger partial charge is 0.392 e. The van der Waals surface area contributed by atoms with E-state index in [1.54, 1.807) is 0 Å². The molecule has 0 heterocycles. The molecule has 1 rings (SSSR count). The van der Waals surface area contributed by atoms with Crippen LogP contribution in [0.15, 0.2) is 29.2 Å². The Hall–Kier alpha value is -0.470. The Morgan fingerprint density at radius 1 is 1.43 bits per heavy atom. The Balaban J connectivity index is 2.50. The molecule has 0 aliphatic carbocycles. The molecular formula is C12H18OS. The molecular weight excluding hydrogens is 192 g/mol. The molecule has 0 aromatic heterocycles. The van der Waals surface area contributed by atoms with Crippen LogP contribution in [0, 0.1) is 5.92 Å². The second-order valence-corrected chi connectivity index (χ2v) is 4.72. The lowest BCUT2D eigenvalue weighted by Gasteiger charge is -2.08. The minimum absolute atomic E-state index is 0.137. The first-order chi connectivity index (χ1) is 6.76. The standard InChI is InChI=1S/C12H18OS/c1-3-10(2)9-14-12-6-4-5-11(7-12)8-13/h4-7,10,13H,3,8-9H2,1-2H3. The maximum absolute atomic E-state index is 8.98. The third-order valence-corrected chi connectivity index (χ3v) is 3.64. The molecule has 0 bridgehead atoms. The van der Waals surface area contributed by atoms with Gasteiger partial charge in [0.1, 0.15) is 0 Å². The molecule has 0 spiro atoms. The Morgan fingerprint density at radius 3 is 2.86 bits per heavy atom. The molecule has 0 radical (unpaired) electrons. The molecule has 1 nitrogen and oxygen atoms in total. The predicted octanol–water partition coefficient (Wildman–Crippen LogP) is 3.32. The van der Waals surface area contributed by atoms with E-state index in [-0.39, 0.29) is 6.61 Å². The van der Waals surface area contributed by atoms with Gasteiger partial charge in [0.05, 0.1) is 6.61 Å². The number of benzene rings is 1. The fourth-order valence-electron chi connectivity index (χ4n) is 1.09. The number of rotatable bonds is 5. The van der Waals surface area contributed by atoms with E-state index in [1.807, 2.05) is 23.9 Å². The first kappa shape index (κ1) is 11.6. The van der Waals surface area contributed by atoms with Gasteiger partial charge in [-0.3, -0.25) is 0 Å².